The topological polar surface area (TPSA) is 52.5 Å². The normalized spacial score (nSPS) is 13.2. The molecule has 0 aliphatic heterocycles. The number of hydrogen-bond acceptors (Lipinski definition) is 4. The van der Waals surface area contributed by atoms with Crippen LogP contribution in [-0.4, -0.2) is 30.6 Å². The first-order valence-corrected chi connectivity index (χ1v) is 14.6. The van der Waals surface area contributed by atoms with Crippen LogP contribution in [0.25, 0.3) is 16.2 Å². The maximum Gasteiger partial charge on any atom is 0.413 e. The van der Waals surface area contributed by atoms with Crippen LogP contribution in [-0.2, 0) is 10.8 Å². The number of aryl methyl sites for hydroxylation is 1. The number of pyridine rings is 1. The smallest absolute Gasteiger partial charge is 0.413 e. The highest BCUT2D eigenvalue weighted by molar-refractivity contribution is 6.99. The third kappa shape index (κ3) is 6.09. The van der Waals surface area contributed by atoms with E-state index < -0.39 is 25.6 Å². The maximum absolute atomic E-state index is 14.6. The summed E-state index contributed by atoms with van der Waals surface area (Å²) in [7, 11) is -3.45. The van der Waals surface area contributed by atoms with Gasteiger partial charge in [0.1, 0.15) is 6.10 Å². The molecule has 0 bridgehead atoms. The van der Waals surface area contributed by atoms with Gasteiger partial charge in [0, 0.05) is 6.42 Å². The first-order chi connectivity index (χ1) is 18.5. The van der Waals surface area contributed by atoms with Gasteiger partial charge in [-0.05, 0) is 39.5 Å². The summed E-state index contributed by atoms with van der Waals surface area (Å²) >= 11 is 6.16. The Bertz CT molecular complexity index is 1410. The van der Waals surface area contributed by atoms with Gasteiger partial charge in [-0.2, -0.15) is 13.2 Å². The van der Waals surface area contributed by atoms with Crippen LogP contribution in [0, 0.1) is 6.57 Å². The summed E-state index contributed by atoms with van der Waals surface area (Å²) in [5.41, 5.74) is 0.402. The van der Waals surface area contributed by atoms with E-state index in [1.807, 2.05) is 81.4 Å². The third-order valence-electron chi connectivity index (χ3n) is 6.49. The largest absolute Gasteiger partial charge is 0.441 e. The molecular weight excluding hydrogens is 543 g/mol. The minimum atomic E-state index is -4.62. The highest BCUT2D eigenvalue weighted by Gasteiger charge is 2.55. The highest BCUT2D eigenvalue weighted by Crippen LogP contribution is 2.40. The molecule has 1 unspecified atom stereocenters. The number of hydrogen-bond donors (Lipinski definition) is 0. The van der Waals surface area contributed by atoms with Crippen molar-refractivity contribution in [2.24, 2.45) is 0 Å². The molecule has 2 aromatic carbocycles. The summed E-state index contributed by atoms with van der Waals surface area (Å²) in [6.45, 7) is 12.8. The Morgan fingerprint density at radius 1 is 0.974 bits per heavy atom. The van der Waals surface area contributed by atoms with Crippen molar-refractivity contribution in [3.63, 3.8) is 0 Å². The Labute approximate surface area is 231 Å². The lowest BCUT2D eigenvalue weighted by Crippen LogP contribution is -2.68. The van der Waals surface area contributed by atoms with Crippen LogP contribution in [0.3, 0.4) is 0 Å². The first kappa shape index (κ1) is 28.6. The summed E-state index contributed by atoms with van der Waals surface area (Å²) in [5, 5.41) is 0.966. The Morgan fingerprint density at radius 2 is 1.56 bits per heavy atom. The van der Waals surface area contributed by atoms with Crippen molar-refractivity contribution in [2.45, 2.75) is 50.9 Å². The molecule has 0 aliphatic carbocycles. The fraction of sp³-hybridized carbons (Fsp3) is 0.276. The van der Waals surface area contributed by atoms with Crippen LogP contribution in [0.2, 0.25) is 10.2 Å². The van der Waals surface area contributed by atoms with Crippen molar-refractivity contribution in [2.75, 3.05) is 0 Å². The lowest BCUT2D eigenvalue weighted by molar-refractivity contribution is -0.199. The van der Waals surface area contributed by atoms with E-state index in [-0.39, 0.29) is 35.5 Å². The van der Waals surface area contributed by atoms with Crippen LogP contribution in [0.5, 0.6) is 0 Å². The monoisotopic (exact) mass is 569 g/mol. The van der Waals surface area contributed by atoms with Crippen molar-refractivity contribution in [1.29, 1.82) is 0 Å². The molecule has 0 spiro atoms. The van der Waals surface area contributed by atoms with Crippen LogP contribution in [0.15, 0.2) is 83.4 Å². The van der Waals surface area contributed by atoms with Gasteiger partial charge in [-0.15, -0.1) is 4.98 Å². The van der Waals surface area contributed by atoms with E-state index in [9.17, 15) is 13.2 Å². The number of aromatic nitrogens is 2. The van der Waals surface area contributed by atoms with Gasteiger partial charge in [0.25, 0.3) is 14.1 Å². The zero-order chi connectivity index (χ0) is 28.3. The minimum absolute atomic E-state index is 0.0504. The SMILES string of the molecule is [C-]#[N+]c1ccc(-c2cnc(CCC(O[Si](c3ccccc3)(c3ccccc3)C(C)(C)C)C(F)(F)F)o2)c(Cl)n1. The van der Waals surface area contributed by atoms with E-state index in [0.29, 0.717) is 5.56 Å². The molecular formula is C29H27ClF3N3O2Si. The van der Waals surface area contributed by atoms with E-state index in [4.69, 9.17) is 27.0 Å². The van der Waals surface area contributed by atoms with Gasteiger partial charge in [-0.3, -0.25) is 0 Å². The van der Waals surface area contributed by atoms with Gasteiger partial charge in [0.15, 0.2) is 11.7 Å². The van der Waals surface area contributed by atoms with Crippen molar-refractivity contribution >= 4 is 36.1 Å². The molecule has 0 aliphatic rings. The molecule has 10 heteroatoms. The van der Waals surface area contributed by atoms with Crippen LogP contribution < -0.4 is 10.4 Å². The van der Waals surface area contributed by atoms with Gasteiger partial charge in [0.2, 0.25) is 5.15 Å². The first-order valence-electron chi connectivity index (χ1n) is 12.3. The zero-order valence-electron chi connectivity index (χ0n) is 21.7. The molecule has 0 radical (unpaired) electrons. The van der Waals surface area contributed by atoms with E-state index in [0.717, 1.165) is 10.4 Å². The molecule has 2 heterocycles. The van der Waals surface area contributed by atoms with E-state index in [1.54, 1.807) is 6.07 Å². The second kappa shape index (κ2) is 11.3. The zero-order valence-corrected chi connectivity index (χ0v) is 23.4. The average Bonchev–Trinajstić information content (AvgIpc) is 3.37. The summed E-state index contributed by atoms with van der Waals surface area (Å²) < 4.78 is 55.8. The molecule has 0 amide bonds. The summed E-state index contributed by atoms with van der Waals surface area (Å²) in [6.07, 6.45) is -5.76. The van der Waals surface area contributed by atoms with Crippen molar-refractivity contribution in [3.05, 3.63) is 101 Å². The van der Waals surface area contributed by atoms with Gasteiger partial charge >= 0.3 is 6.18 Å². The number of oxazole rings is 1. The van der Waals surface area contributed by atoms with Crippen LogP contribution >= 0.6 is 11.6 Å². The Morgan fingerprint density at radius 3 is 2.05 bits per heavy atom. The summed E-state index contributed by atoms with van der Waals surface area (Å²) in [6, 6.07) is 21.5. The van der Waals surface area contributed by atoms with Crippen molar-refractivity contribution in [3.8, 4) is 11.3 Å². The Hall–Kier alpha value is -3.45. The average molecular weight is 570 g/mol. The van der Waals surface area contributed by atoms with Gasteiger partial charge in [-0.25, -0.2) is 4.98 Å². The minimum Gasteiger partial charge on any atom is -0.441 e. The van der Waals surface area contributed by atoms with Gasteiger partial charge in [-0.1, -0.05) is 94.1 Å². The van der Waals surface area contributed by atoms with Crippen LogP contribution in [0.4, 0.5) is 19.0 Å². The molecule has 0 fully saturated rings. The van der Waals surface area contributed by atoms with Crippen molar-refractivity contribution < 1.29 is 22.0 Å². The second-order valence-electron chi connectivity index (χ2n) is 10.1. The summed E-state index contributed by atoms with van der Waals surface area (Å²) in [4.78, 5) is 11.4. The lowest BCUT2D eigenvalue weighted by atomic mass is 10.2. The number of alkyl halides is 3. The molecule has 4 rings (SSSR count). The molecule has 5 nitrogen and oxygen atoms in total. The van der Waals surface area contributed by atoms with E-state index in [1.165, 1.54) is 12.3 Å². The van der Waals surface area contributed by atoms with E-state index in [2.05, 4.69) is 14.8 Å². The van der Waals surface area contributed by atoms with Crippen molar-refractivity contribution in [1.82, 2.24) is 9.97 Å². The highest BCUT2D eigenvalue weighted by atomic mass is 35.5. The predicted octanol–water partition coefficient (Wildman–Crippen LogP) is 7.38. The predicted molar refractivity (Wildman–Crippen MR) is 148 cm³/mol. The molecule has 4 aromatic rings. The van der Waals surface area contributed by atoms with Crippen LogP contribution in [0.1, 0.15) is 33.1 Å². The fourth-order valence-corrected chi connectivity index (χ4v) is 9.61. The molecule has 39 heavy (non-hydrogen) atoms. The molecule has 2 aromatic heterocycles. The van der Waals surface area contributed by atoms with Gasteiger partial charge < -0.3 is 13.7 Å². The maximum atomic E-state index is 14.6. The molecule has 1 atom stereocenters. The Kier molecular flexibility index (Phi) is 8.30. The number of rotatable bonds is 8. The molecule has 202 valence electrons. The second-order valence-corrected chi connectivity index (χ2v) is 14.7. The molecule has 0 saturated heterocycles. The third-order valence-corrected chi connectivity index (χ3v) is 11.8. The Balaban J connectivity index is 1.67. The molecule has 0 saturated carbocycles. The molecule has 0 N–H and O–H groups in total. The standard InChI is InChI=1S/C29H27ClF3N3O2Si/c1-28(2,3)39(20-11-7-5-8-12-20,21-13-9-6-10-14-21)38-24(29(31,32)33)16-18-26-35-19-23(37-26)22-15-17-25(34-4)36-27(22)30/h5-15,17,19,24H,16,18H2,1-3H3. The lowest BCUT2D eigenvalue weighted by Gasteiger charge is -2.45. The summed E-state index contributed by atoms with van der Waals surface area (Å²) in [5.74, 6) is 0.503. The van der Waals surface area contributed by atoms with E-state index >= 15 is 0 Å². The number of halogens is 4. The number of benzene rings is 2. The number of nitrogens with zero attached hydrogens (tertiary/aromatic N) is 3. The quantitative estimate of drug-likeness (QED) is 0.126. The van der Waals surface area contributed by atoms with Gasteiger partial charge in [0.05, 0.1) is 11.8 Å². The fourth-order valence-electron chi connectivity index (χ4n) is 4.67.